The standard InChI is InChI=1S/2C52H34N4/c1-4-14-36(15-5-1)47-32-39(33-48(54-47)37-16-6-2-7-17-37)35-24-27-42(28-25-35)56-50-23-13-11-21-44(50)46-31-40(34-53-52(46)56)38-26-29-51-45(30-38)43-20-10-12-22-49(43)55(51)41-18-8-3-9-19-41;1-4-14-35(15-5-1)39-32-47(36-16-6-2-7-17-36)54-48(33-39)37-24-27-42(28-25-37)56-50-23-13-11-21-44(50)46-31-40(34-53-52(46)56)38-26-29-51-45(30-38)43-20-10-12-22-49(43)55(51)41-18-8-3-9-19-41/h2*1-34H. The fraction of sp³-hybridized carbons (Fsp3) is 0. The van der Waals surface area contributed by atoms with Crippen LogP contribution in [0.3, 0.4) is 0 Å². The third kappa shape index (κ3) is 11.6. The van der Waals surface area contributed by atoms with Crippen molar-refractivity contribution < 1.29 is 0 Å². The highest BCUT2D eigenvalue weighted by Gasteiger charge is 2.22. The molecule has 8 aromatic heterocycles. The number of benzene rings is 14. The van der Waals surface area contributed by atoms with Gasteiger partial charge in [-0.15, -0.1) is 0 Å². The van der Waals surface area contributed by atoms with Crippen LogP contribution in [0.5, 0.6) is 0 Å². The largest absolute Gasteiger partial charge is 0.309 e. The Labute approximate surface area is 646 Å². The normalized spacial score (nSPS) is 11.6. The van der Waals surface area contributed by atoms with E-state index in [1.165, 1.54) is 59.9 Å². The second-order valence-corrected chi connectivity index (χ2v) is 28.5. The molecule has 8 heterocycles. The Morgan fingerprint density at radius 2 is 0.402 bits per heavy atom. The maximum Gasteiger partial charge on any atom is 0.145 e. The lowest BCUT2D eigenvalue weighted by atomic mass is 10.00. The summed E-state index contributed by atoms with van der Waals surface area (Å²) >= 11 is 0. The number of hydrogen-bond donors (Lipinski definition) is 0. The molecule has 0 atom stereocenters. The van der Waals surface area contributed by atoms with Crippen LogP contribution in [-0.2, 0) is 0 Å². The van der Waals surface area contributed by atoms with Crippen molar-refractivity contribution in [1.29, 1.82) is 0 Å². The van der Waals surface area contributed by atoms with Gasteiger partial charge in [0.2, 0.25) is 0 Å². The molecule has 0 bridgehead atoms. The lowest BCUT2D eigenvalue weighted by Gasteiger charge is -2.12. The fourth-order valence-corrected chi connectivity index (χ4v) is 16.6. The zero-order chi connectivity index (χ0) is 74.0. The Morgan fingerprint density at radius 3 is 0.768 bits per heavy atom. The van der Waals surface area contributed by atoms with E-state index in [2.05, 4.69) is 400 Å². The molecule has 0 aliphatic rings. The Morgan fingerprint density at radius 1 is 0.152 bits per heavy atom. The molecule has 8 nitrogen and oxygen atoms in total. The summed E-state index contributed by atoms with van der Waals surface area (Å²) in [6.45, 7) is 0. The number of aromatic nitrogens is 8. The number of para-hydroxylation sites is 6. The van der Waals surface area contributed by atoms with E-state index < -0.39 is 0 Å². The van der Waals surface area contributed by atoms with Crippen LogP contribution in [0.15, 0.2) is 413 Å². The molecular weight excluding hydrogens is 1360 g/mol. The molecule has 0 aliphatic carbocycles. The van der Waals surface area contributed by atoms with Gasteiger partial charge in [0, 0.05) is 112 Å². The Bertz CT molecular complexity index is 6760. The first-order valence-electron chi connectivity index (χ1n) is 38.0. The van der Waals surface area contributed by atoms with Gasteiger partial charge in [0.15, 0.2) is 0 Å². The molecule has 0 amide bonds. The van der Waals surface area contributed by atoms with Gasteiger partial charge in [-0.3, -0.25) is 9.13 Å². The van der Waals surface area contributed by atoms with Crippen LogP contribution in [0.25, 0.3) is 200 Å². The summed E-state index contributed by atoms with van der Waals surface area (Å²) in [4.78, 5) is 20.6. The van der Waals surface area contributed by atoms with Crippen LogP contribution < -0.4 is 0 Å². The van der Waals surface area contributed by atoms with E-state index in [9.17, 15) is 0 Å². The maximum atomic E-state index is 5.19. The van der Waals surface area contributed by atoms with Crippen molar-refractivity contribution in [2.24, 2.45) is 0 Å². The van der Waals surface area contributed by atoms with Crippen molar-refractivity contribution in [3.05, 3.63) is 413 Å². The first-order valence-corrected chi connectivity index (χ1v) is 38.0. The number of nitrogens with zero attached hydrogens (tertiary/aromatic N) is 8. The van der Waals surface area contributed by atoms with Crippen LogP contribution in [0, 0.1) is 0 Å². The predicted molar refractivity (Wildman–Crippen MR) is 465 cm³/mol. The monoisotopic (exact) mass is 1430 g/mol. The first kappa shape index (κ1) is 65.2. The molecule has 0 saturated carbocycles. The predicted octanol–water partition coefficient (Wildman–Crippen LogP) is 26.7. The number of rotatable bonds is 12. The Balaban J connectivity index is 0.000000141. The van der Waals surface area contributed by atoms with Gasteiger partial charge in [0.25, 0.3) is 0 Å². The minimum Gasteiger partial charge on any atom is -0.309 e. The van der Waals surface area contributed by atoms with Crippen LogP contribution in [0.2, 0.25) is 0 Å². The van der Waals surface area contributed by atoms with Crippen molar-refractivity contribution in [2.45, 2.75) is 0 Å². The third-order valence-corrected chi connectivity index (χ3v) is 21.9. The number of fused-ring (bicyclic) bond motifs is 12. The van der Waals surface area contributed by atoms with E-state index in [4.69, 9.17) is 19.9 Å². The number of pyridine rings is 4. The lowest BCUT2D eigenvalue weighted by molar-refractivity contribution is 1.14. The average Bonchev–Trinajstić information content (AvgIpc) is 1.59. The van der Waals surface area contributed by atoms with Crippen LogP contribution in [0.1, 0.15) is 0 Å². The Kier molecular flexibility index (Phi) is 16.1. The molecule has 22 aromatic rings. The van der Waals surface area contributed by atoms with Crippen LogP contribution in [0.4, 0.5) is 0 Å². The lowest BCUT2D eigenvalue weighted by Crippen LogP contribution is -1.96. The second-order valence-electron chi connectivity index (χ2n) is 28.5. The van der Waals surface area contributed by atoms with Crippen LogP contribution >= 0.6 is 0 Å². The molecule has 524 valence electrons. The molecule has 0 saturated heterocycles. The highest BCUT2D eigenvalue weighted by Crippen LogP contribution is 2.42. The van der Waals surface area contributed by atoms with Crippen molar-refractivity contribution in [1.82, 2.24) is 38.2 Å². The van der Waals surface area contributed by atoms with Crippen molar-refractivity contribution in [2.75, 3.05) is 0 Å². The van der Waals surface area contributed by atoms with Crippen molar-refractivity contribution in [3.8, 4) is 112 Å². The van der Waals surface area contributed by atoms with E-state index >= 15 is 0 Å². The van der Waals surface area contributed by atoms with Crippen molar-refractivity contribution >= 4 is 87.5 Å². The van der Waals surface area contributed by atoms with Gasteiger partial charge in [-0.1, -0.05) is 267 Å². The molecule has 22 rings (SSSR count). The molecule has 0 radical (unpaired) electrons. The highest BCUT2D eigenvalue weighted by molar-refractivity contribution is 6.14. The smallest absolute Gasteiger partial charge is 0.145 e. The van der Waals surface area contributed by atoms with Gasteiger partial charge in [-0.2, -0.15) is 0 Å². The van der Waals surface area contributed by atoms with Gasteiger partial charge in [0.05, 0.1) is 55.9 Å². The first-order chi connectivity index (χ1) is 55.5. The fourth-order valence-electron chi connectivity index (χ4n) is 16.6. The SMILES string of the molecule is c1ccc(-c2cc(-c3ccc(-n4c5ccccc5c5cc(-c6ccc7c(c6)c6ccccc6n7-c6ccccc6)cnc54)cc3)cc(-c3ccccc3)n2)cc1.c1ccc(-c2cc(-c3ccccc3)nc(-c3ccc(-n4c5ccccc5c5cc(-c6ccc7c(c6)c6ccccc6n7-c6ccccc6)cnc54)cc3)c2)cc1. The summed E-state index contributed by atoms with van der Waals surface area (Å²) in [5.74, 6) is 0. The molecule has 8 heteroatoms. The summed E-state index contributed by atoms with van der Waals surface area (Å²) in [7, 11) is 0. The minimum atomic E-state index is 0.931. The molecular formula is C104H68N8. The van der Waals surface area contributed by atoms with E-state index in [1.54, 1.807) is 0 Å². The summed E-state index contributed by atoms with van der Waals surface area (Å²) in [6.07, 6.45) is 4.05. The van der Waals surface area contributed by atoms with Gasteiger partial charge in [-0.25, -0.2) is 19.9 Å². The zero-order valence-corrected chi connectivity index (χ0v) is 60.8. The molecule has 0 fully saturated rings. The van der Waals surface area contributed by atoms with E-state index in [0.717, 1.165) is 140 Å². The molecule has 0 unspecified atom stereocenters. The van der Waals surface area contributed by atoms with Gasteiger partial charge < -0.3 is 9.13 Å². The van der Waals surface area contributed by atoms with Gasteiger partial charge in [0.1, 0.15) is 11.3 Å². The molecule has 0 aliphatic heterocycles. The van der Waals surface area contributed by atoms with Gasteiger partial charge in [-0.05, 0) is 167 Å². The molecule has 0 N–H and O–H groups in total. The van der Waals surface area contributed by atoms with E-state index in [1.807, 2.05) is 30.6 Å². The van der Waals surface area contributed by atoms with Crippen LogP contribution in [-0.4, -0.2) is 38.2 Å². The summed E-state index contributed by atoms with van der Waals surface area (Å²) in [5, 5.41) is 9.53. The quantitative estimate of drug-likeness (QED) is 0.122. The maximum absolute atomic E-state index is 5.19. The summed E-state index contributed by atoms with van der Waals surface area (Å²) in [5.41, 5.74) is 30.5. The van der Waals surface area contributed by atoms with Gasteiger partial charge >= 0.3 is 0 Å². The Hall–Kier alpha value is -15.1. The molecule has 14 aromatic carbocycles. The third-order valence-electron chi connectivity index (χ3n) is 21.9. The second kappa shape index (κ2) is 27.6. The topological polar surface area (TPSA) is 71.3 Å². The molecule has 0 spiro atoms. The average molecular weight is 1430 g/mol. The summed E-state index contributed by atoms with van der Waals surface area (Å²) in [6, 6.07) is 142. The van der Waals surface area contributed by atoms with E-state index in [0.29, 0.717) is 0 Å². The zero-order valence-electron chi connectivity index (χ0n) is 60.8. The minimum absolute atomic E-state index is 0.931. The van der Waals surface area contributed by atoms with Crippen molar-refractivity contribution in [3.63, 3.8) is 0 Å². The highest BCUT2D eigenvalue weighted by atomic mass is 15.1. The van der Waals surface area contributed by atoms with E-state index in [-0.39, 0.29) is 0 Å². The molecule has 112 heavy (non-hydrogen) atoms. The summed E-state index contributed by atoms with van der Waals surface area (Å²) < 4.78 is 9.27. The number of hydrogen-bond acceptors (Lipinski definition) is 4.